The van der Waals surface area contributed by atoms with Crippen LogP contribution in [0, 0.1) is 6.92 Å². The molecule has 1 aliphatic heterocycles. The molecule has 2 amide bonds. The number of benzene rings is 3. The van der Waals surface area contributed by atoms with Gasteiger partial charge >= 0.3 is 6.03 Å². The van der Waals surface area contributed by atoms with E-state index in [4.69, 9.17) is 4.52 Å². The number of nitrogens with zero attached hydrogens (tertiary/aromatic N) is 4. The molecule has 0 fully saturated rings. The van der Waals surface area contributed by atoms with Crippen molar-refractivity contribution in [3.8, 4) is 11.4 Å². The number of carbonyl (C=O) groups is 1. The van der Waals surface area contributed by atoms with E-state index in [1.807, 2.05) is 61.5 Å². The minimum Gasteiger partial charge on any atom is -0.347 e. The molecule has 1 atom stereocenters. The highest BCUT2D eigenvalue weighted by molar-refractivity contribution is 5.90. The molecular weight excluding hydrogens is 428 g/mol. The lowest BCUT2D eigenvalue weighted by molar-refractivity contribution is 0.155. The first kappa shape index (κ1) is 20.2. The first-order valence-corrected chi connectivity index (χ1v) is 11.1. The van der Waals surface area contributed by atoms with Gasteiger partial charge < -0.3 is 19.7 Å². The summed E-state index contributed by atoms with van der Waals surface area (Å²) in [6, 6.07) is 21.2. The summed E-state index contributed by atoms with van der Waals surface area (Å²) in [6.45, 7) is 2.38. The zero-order valence-corrected chi connectivity index (χ0v) is 18.5. The number of rotatable bonds is 3. The number of imidazole rings is 1. The Morgan fingerprint density at radius 1 is 1.09 bits per heavy atom. The third-order valence-electron chi connectivity index (χ3n) is 6.20. The van der Waals surface area contributed by atoms with Gasteiger partial charge in [0.2, 0.25) is 11.7 Å². The molecule has 2 N–H and O–H groups in total. The van der Waals surface area contributed by atoms with Gasteiger partial charge in [-0.3, -0.25) is 0 Å². The monoisotopic (exact) mass is 450 g/mol. The van der Waals surface area contributed by atoms with Gasteiger partial charge in [-0.15, -0.1) is 0 Å². The van der Waals surface area contributed by atoms with E-state index in [1.165, 1.54) is 0 Å². The zero-order chi connectivity index (χ0) is 23.1. The van der Waals surface area contributed by atoms with E-state index in [-0.39, 0.29) is 6.03 Å². The Morgan fingerprint density at radius 3 is 2.76 bits per heavy atom. The molecule has 3 heterocycles. The van der Waals surface area contributed by atoms with Crippen LogP contribution in [0.3, 0.4) is 0 Å². The number of fused-ring (bicyclic) bond motifs is 2. The Morgan fingerprint density at radius 2 is 1.91 bits per heavy atom. The van der Waals surface area contributed by atoms with E-state index in [0.29, 0.717) is 24.7 Å². The van der Waals surface area contributed by atoms with Crippen molar-refractivity contribution in [2.24, 2.45) is 0 Å². The summed E-state index contributed by atoms with van der Waals surface area (Å²) >= 11 is 0. The molecule has 168 valence electrons. The number of anilines is 1. The second-order valence-electron chi connectivity index (χ2n) is 8.49. The van der Waals surface area contributed by atoms with Crippen LogP contribution < -0.4 is 5.32 Å². The quantitative estimate of drug-likeness (QED) is 0.391. The largest absolute Gasteiger partial charge is 0.347 e. The van der Waals surface area contributed by atoms with E-state index < -0.39 is 6.04 Å². The van der Waals surface area contributed by atoms with Crippen LogP contribution in [-0.4, -0.2) is 31.0 Å². The number of urea groups is 1. The fourth-order valence-electron chi connectivity index (χ4n) is 4.32. The van der Waals surface area contributed by atoms with Crippen molar-refractivity contribution >= 4 is 22.5 Å². The number of hydrogen-bond donors (Lipinski definition) is 2. The van der Waals surface area contributed by atoms with Gasteiger partial charge in [0.15, 0.2) is 0 Å². The molecule has 6 rings (SSSR count). The summed E-state index contributed by atoms with van der Waals surface area (Å²) in [6.07, 6.45) is 2.14. The molecule has 1 aliphatic rings. The molecule has 5 aromatic rings. The Kier molecular flexibility index (Phi) is 4.83. The Bertz CT molecular complexity index is 1490. The van der Waals surface area contributed by atoms with Crippen LogP contribution in [0.5, 0.6) is 0 Å². The lowest BCUT2D eigenvalue weighted by Gasteiger charge is -2.32. The topological polar surface area (TPSA) is 99.9 Å². The molecule has 0 spiro atoms. The van der Waals surface area contributed by atoms with Crippen LogP contribution in [-0.2, 0) is 13.0 Å². The maximum Gasteiger partial charge on any atom is 0.322 e. The second-order valence-corrected chi connectivity index (χ2v) is 8.49. The van der Waals surface area contributed by atoms with Crippen molar-refractivity contribution in [3.05, 3.63) is 95.9 Å². The number of H-pyrrole nitrogens is 1. The molecule has 0 saturated heterocycles. The third-order valence-corrected chi connectivity index (χ3v) is 6.20. The van der Waals surface area contributed by atoms with Gasteiger partial charge in [-0.2, -0.15) is 4.98 Å². The van der Waals surface area contributed by atoms with Crippen molar-refractivity contribution < 1.29 is 9.32 Å². The molecule has 0 aliphatic carbocycles. The summed E-state index contributed by atoms with van der Waals surface area (Å²) in [5.41, 5.74) is 4.52. The van der Waals surface area contributed by atoms with Crippen molar-refractivity contribution in [1.82, 2.24) is 25.0 Å². The van der Waals surface area contributed by atoms with Crippen LogP contribution in [0.4, 0.5) is 10.5 Å². The number of hydrogen-bond acceptors (Lipinski definition) is 5. The minimum atomic E-state index is -0.428. The first-order valence-electron chi connectivity index (χ1n) is 11.1. The number of aryl methyl sites for hydroxylation is 1. The van der Waals surface area contributed by atoms with Crippen molar-refractivity contribution in [1.29, 1.82) is 0 Å². The van der Waals surface area contributed by atoms with E-state index in [0.717, 1.165) is 39.0 Å². The summed E-state index contributed by atoms with van der Waals surface area (Å²) < 4.78 is 5.69. The number of aromatic nitrogens is 4. The molecule has 0 bridgehead atoms. The highest BCUT2D eigenvalue weighted by Crippen LogP contribution is 2.33. The fraction of sp³-hybridized carbons (Fsp3) is 0.154. The fourth-order valence-corrected chi connectivity index (χ4v) is 4.32. The molecule has 2 aromatic heterocycles. The Labute approximate surface area is 195 Å². The summed E-state index contributed by atoms with van der Waals surface area (Å²) in [4.78, 5) is 27.2. The number of aromatic amines is 1. The first-order chi connectivity index (χ1) is 16.6. The molecule has 8 heteroatoms. The van der Waals surface area contributed by atoms with Crippen LogP contribution in [0.15, 0.2) is 77.6 Å². The van der Waals surface area contributed by atoms with Gasteiger partial charge in [-0.05, 0) is 35.9 Å². The average Bonchev–Trinajstić information content (AvgIpc) is 3.54. The van der Waals surface area contributed by atoms with Gasteiger partial charge in [-0.25, -0.2) is 9.78 Å². The van der Waals surface area contributed by atoms with E-state index in [2.05, 4.69) is 37.6 Å². The van der Waals surface area contributed by atoms with Crippen LogP contribution >= 0.6 is 0 Å². The van der Waals surface area contributed by atoms with E-state index in [1.54, 1.807) is 11.2 Å². The molecule has 8 nitrogen and oxygen atoms in total. The van der Waals surface area contributed by atoms with Crippen LogP contribution in [0.2, 0.25) is 0 Å². The maximum atomic E-state index is 13.3. The zero-order valence-electron chi connectivity index (χ0n) is 18.5. The maximum absolute atomic E-state index is 13.3. The van der Waals surface area contributed by atoms with Crippen LogP contribution in [0.1, 0.15) is 28.9 Å². The highest BCUT2D eigenvalue weighted by Gasteiger charge is 2.36. The Hall–Kier alpha value is -4.46. The number of carbonyl (C=O) groups excluding carboxylic acids is 1. The second kappa shape index (κ2) is 8.15. The smallest absolute Gasteiger partial charge is 0.322 e. The summed E-state index contributed by atoms with van der Waals surface area (Å²) in [5, 5.41) is 9.46. The van der Waals surface area contributed by atoms with Crippen LogP contribution in [0.25, 0.3) is 22.2 Å². The van der Waals surface area contributed by atoms with Gasteiger partial charge in [0.25, 0.3) is 0 Å². The Balaban J connectivity index is 1.31. The van der Waals surface area contributed by atoms with Crippen molar-refractivity contribution in [3.63, 3.8) is 0 Å². The summed E-state index contributed by atoms with van der Waals surface area (Å²) in [5.74, 6) is 0.878. The predicted molar refractivity (Wildman–Crippen MR) is 128 cm³/mol. The molecule has 0 radical (unpaired) electrons. The lowest BCUT2D eigenvalue weighted by atomic mass is 10.0. The van der Waals surface area contributed by atoms with Crippen molar-refractivity contribution in [2.75, 3.05) is 5.32 Å². The highest BCUT2D eigenvalue weighted by atomic mass is 16.5. The lowest BCUT2D eigenvalue weighted by Crippen LogP contribution is -2.41. The molecular formula is C26H22N6O2. The van der Waals surface area contributed by atoms with Gasteiger partial charge in [0.05, 0.1) is 24.3 Å². The molecule has 34 heavy (non-hydrogen) atoms. The third kappa shape index (κ3) is 3.69. The average molecular weight is 451 g/mol. The summed E-state index contributed by atoms with van der Waals surface area (Å²) in [7, 11) is 0. The minimum absolute atomic E-state index is 0.237. The SMILES string of the molecule is Cc1ccc(NC(=O)N2Cc3[nH]cnc3CC2c2nc(-c3ccc4ccccc4c3)no2)cc1. The van der Waals surface area contributed by atoms with E-state index in [9.17, 15) is 4.79 Å². The number of amides is 2. The number of nitrogens with one attached hydrogen (secondary N) is 2. The standard InChI is InChI=1S/C26H22N6O2/c1-16-6-10-20(11-7-16)29-26(33)32-14-22-21(27-15-28-22)13-23(32)25-30-24(31-34-25)19-9-8-17-4-2-3-5-18(17)12-19/h2-12,15,23H,13-14H2,1H3,(H,27,28)(H,29,33). The van der Waals surface area contributed by atoms with Gasteiger partial charge in [0, 0.05) is 17.7 Å². The predicted octanol–water partition coefficient (Wildman–Crippen LogP) is 5.25. The van der Waals surface area contributed by atoms with Crippen molar-refractivity contribution in [2.45, 2.75) is 25.9 Å². The molecule has 1 unspecified atom stereocenters. The molecule has 3 aromatic carbocycles. The normalized spacial score (nSPS) is 15.3. The van der Waals surface area contributed by atoms with E-state index >= 15 is 0 Å². The van der Waals surface area contributed by atoms with Gasteiger partial charge in [0.1, 0.15) is 6.04 Å². The van der Waals surface area contributed by atoms with Gasteiger partial charge in [-0.1, -0.05) is 59.3 Å². The molecule has 0 saturated carbocycles.